The highest BCUT2D eigenvalue weighted by Crippen LogP contribution is 2.35. The van der Waals surface area contributed by atoms with Crippen molar-refractivity contribution in [1.29, 1.82) is 0 Å². The molecular formula is C21H16Cl2N2OS. The molecule has 3 nitrogen and oxygen atoms in total. The van der Waals surface area contributed by atoms with Crippen LogP contribution >= 0.6 is 34.5 Å². The second-order valence-electron chi connectivity index (χ2n) is 6.50. The summed E-state index contributed by atoms with van der Waals surface area (Å²) in [5.41, 5.74) is 3.92. The average Bonchev–Trinajstić information content (AvgIpc) is 2.95. The molecule has 0 aliphatic heterocycles. The fraction of sp³-hybridized carbons (Fsp3) is 0.143. The molecule has 136 valence electrons. The smallest absolute Gasteiger partial charge is 0.260 e. The summed E-state index contributed by atoms with van der Waals surface area (Å²) in [5.74, 6) is 0.591. The zero-order chi connectivity index (χ0) is 19.1. The van der Waals surface area contributed by atoms with Gasteiger partial charge in [0.05, 0.1) is 5.39 Å². The van der Waals surface area contributed by atoms with E-state index in [1.807, 2.05) is 32.0 Å². The van der Waals surface area contributed by atoms with Crippen LogP contribution in [0.2, 0.25) is 10.0 Å². The molecule has 0 aliphatic carbocycles. The van der Waals surface area contributed by atoms with Gasteiger partial charge in [-0.05, 0) is 37.1 Å². The maximum absolute atomic E-state index is 12.9. The lowest BCUT2D eigenvalue weighted by Crippen LogP contribution is -2.12. The number of aromatic nitrogens is 2. The fourth-order valence-corrected chi connectivity index (χ4v) is 4.70. The van der Waals surface area contributed by atoms with Crippen molar-refractivity contribution in [3.8, 4) is 11.1 Å². The summed E-state index contributed by atoms with van der Waals surface area (Å²) in [6.07, 6.45) is 0.442. The number of aromatic amines is 1. The molecule has 4 rings (SSSR count). The SMILES string of the molecule is Cc1ccc(-c2c(C)sc3nc(Cc4ccc(Cl)cc4Cl)[nH]c(=O)c23)cc1. The number of benzene rings is 2. The molecule has 0 aliphatic rings. The zero-order valence-corrected chi connectivity index (χ0v) is 17.1. The molecule has 0 bridgehead atoms. The van der Waals surface area contributed by atoms with Gasteiger partial charge in [-0.3, -0.25) is 4.79 Å². The number of halogens is 2. The first-order valence-corrected chi connectivity index (χ1v) is 10.0. The van der Waals surface area contributed by atoms with Crippen molar-refractivity contribution in [3.63, 3.8) is 0 Å². The molecule has 27 heavy (non-hydrogen) atoms. The minimum atomic E-state index is -0.125. The molecule has 0 saturated heterocycles. The quantitative estimate of drug-likeness (QED) is 0.435. The number of rotatable bonds is 3. The van der Waals surface area contributed by atoms with Crippen molar-refractivity contribution in [2.75, 3.05) is 0 Å². The Morgan fingerprint density at radius 3 is 2.52 bits per heavy atom. The third kappa shape index (κ3) is 3.53. The number of nitrogens with one attached hydrogen (secondary N) is 1. The molecule has 0 unspecified atom stereocenters. The molecule has 1 N–H and O–H groups in total. The Morgan fingerprint density at radius 2 is 1.81 bits per heavy atom. The van der Waals surface area contributed by atoms with Crippen LogP contribution in [0.4, 0.5) is 0 Å². The van der Waals surface area contributed by atoms with Gasteiger partial charge in [0.15, 0.2) is 0 Å². The third-order valence-corrected chi connectivity index (χ3v) is 6.09. The standard InChI is InChI=1S/C21H16Cl2N2OS/c1-11-3-5-13(6-4-11)18-12(2)27-21-19(18)20(26)24-17(25-21)9-14-7-8-15(22)10-16(14)23/h3-8,10H,9H2,1-2H3,(H,24,25,26). The lowest BCUT2D eigenvalue weighted by Gasteiger charge is -2.05. The number of hydrogen-bond donors (Lipinski definition) is 1. The Bertz CT molecular complexity index is 1210. The van der Waals surface area contributed by atoms with Crippen LogP contribution in [0.15, 0.2) is 47.3 Å². The van der Waals surface area contributed by atoms with Gasteiger partial charge in [0.2, 0.25) is 0 Å². The topological polar surface area (TPSA) is 45.8 Å². The van der Waals surface area contributed by atoms with E-state index in [1.54, 1.807) is 12.1 Å². The lowest BCUT2D eigenvalue weighted by molar-refractivity contribution is 0.977. The fourth-order valence-electron chi connectivity index (χ4n) is 3.16. The second-order valence-corrected chi connectivity index (χ2v) is 8.55. The van der Waals surface area contributed by atoms with Crippen molar-refractivity contribution in [3.05, 3.63) is 84.7 Å². The molecule has 0 amide bonds. The van der Waals surface area contributed by atoms with Gasteiger partial charge in [0.25, 0.3) is 5.56 Å². The van der Waals surface area contributed by atoms with Crippen LogP contribution in [0.5, 0.6) is 0 Å². The monoisotopic (exact) mass is 414 g/mol. The minimum absolute atomic E-state index is 0.125. The average molecular weight is 415 g/mol. The van der Waals surface area contributed by atoms with Gasteiger partial charge < -0.3 is 4.98 Å². The van der Waals surface area contributed by atoms with E-state index in [4.69, 9.17) is 28.2 Å². The van der Waals surface area contributed by atoms with Crippen LogP contribution in [0.1, 0.15) is 21.8 Å². The Hall–Kier alpha value is -2.14. The van der Waals surface area contributed by atoms with Crippen molar-refractivity contribution in [1.82, 2.24) is 9.97 Å². The predicted octanol–water partition coefficient (Wildman–Crippen LogP) is 6.17. The highest BCUT2D eigenvalue weighted by atomic mass is 35.5. The maximum atomic E-state index is 12.9. The lowest BCUT2D eigenvalue weighted by atomic mass is 10.0. The summed E-state index contributed by atoms with van der Waals surface area (Å²) in [5, 5.41) is 1.79. The van der Waals surface area contributed by atoms with Crippen molar-refractivity contribution in [2.24, 2.45) is 0 Å². The van der Waals surface area contributed by atoms with E-state index in [1.165, 1.54) is 16.9 Å². The maximum Gasteiger partial charge on any atom is 0.260 e. The van der Waals surface area contributed by atoms with E-state index in [0.717, 1.165) is 26.4 Å². The molecule has 2 aromatic heterocycles. The summed E-state index contributed by atoms with van der Waals surface area (Å²) in [6.45, 7) is 4.07. The van der Waals surface area contributed by atoms with Gasteiger partial charge in [-0.1, -0.05) is 59.1 Å². The molecule has 2 aromatic carbocycles. The molecule has 0 saturated carbocycles. The first-order chi connectivity index (χ1) is 12.9. The van der Waals surface area contributed by atoms with Crippen molar-refractivity contribution < 1.29 is 0 Å². The number of nitrogens with zero attached hydrogens (tertiary/aromatic N) is 1. The molecule has 0 fully saturated rings. The van der Waals surface area contributed by atoms with Gasteiger partial charge in [0.1, 0.15) is 10.7 Å². The van der Waals surface area contributed by atoms with Gasteiger partial charge in [-0.15, -0.1) is 11.3 Å². The second kappa shape index (κ2) is 7.12. The van der Waals surface area contributed by atoms with Crippen LogP contribution < -0.4 is 5.56 Å². The van der Waals surface area contributed by atoms with Crippen molar-refractivity contribution >= 4 is 44.8 Å². The Kier molecular flexibility index (Phi) is 4.81. The Balaban J connectivity index is 1.81. The highest BCUT2D eigenvalue weighted by molar-refractivity contribution is 7.19. The highest BCUT2D eigenvalue weighted by Gasteiger charge is 2.17. The van der Waals surface area contributed by atoms with Crippen LogP contribution in [-0.4, -0.2) is 9.97 Å². The normalized spacial score (nSPS) is 11.3. The van der Waals surface area contributed by atoms with Gasteiger partial charge >= 0.3 is 0 Å². The van der Waals surface area contributed by atoms with E-state index in [9.17, 15) is 4.79 Å². The molecule has 0 atom stereocenters. The van der Waals surface area contributed by atoms with E-state index in [0.29, 0.717) is 27.7 Å². The number of H-pyrrole nitrogens is 1. The predicted molar refractivity (Wildman–Crippen MR) is 114 cm³/mol. The summed E-state index contributed by atoms with van der Waals surface area (Å²) in [4.78, 5) is 22.3. The van der Waals surface area contributed by atoms with Crippen LogP contribution in [0, 0.1) is 13.8 Å². The summed E-state index contributed by atoms with van der Waals surface area (Å²) in [7, 11) is 0. The molecule has 0 spiro atoms. The van der Waals surface area contributed by atoms with E-state index < -0.39 is 0 Å². The zero-order valence-electron chi connectivity index (χ0n) is 14.8. The van der Waals surface area contributed by atoms with Crippen molar-refractivity contribution in [2.45, 2.75) is 20.3 Å². The third-order valence-electron chi connectivity index (χ3n) is 4.50. The van der Waals surface area contributed by atoms with E-state index in [2.05, 4.69) is 17.1 Å². The summed E-state index contributed by atoms with van der Waals surface area (Å²) in [6, 6.07) is 13.5. The van der Waals surface area contributed by atoms with Crippen LogP contribution in [-0.2, 0) is 6.42 Å². The largest absolute Gasteiger partial charge is 0.310 e. The number of aryl methyl sites for hydroxylation is 2. The molecule has 0 radical (unpaired) electrons. The molecule has 4 aromatic rings. The van der Waals surface area contributed by atoms with Gasteiger partial charge in [0, 0.05) is 26.9 Å². The molecular weight excluding hydrogens is 399 g/mol. The first kappa shape index (κ1) is 18.2. The first-order valence-electron chi connectivity index (χ1n) is 8.45. The number of fused-ring (bicyclic) bond motifs is 1. The van der Waals surface area contributed by atoms with E-state index >= 15 is 0 Å². The molecule has 2 heterocycles. The van der Waals surface area contributed by atoms with E-state index in [-0.39, 0.29) is 5.56 Å². The Morgan fingerprint density at radius 1 is 1.07 bits per heavy atom. The van der Waals surface area contributed by atoms with Gasteiger partial charge in [-0.2, -0.15) is 0 Å². The number of hydrogen-bond acceptors (Lipinski definition) is 3. The minimum Gasteiger partial charge on any atom is -0.310 e. The summed E-state index contributed by atoms with van der Waals surface area (Å²) < 4.78 is 0. The summed E-state index contributed by atoms with van der Waals surface area (Å²) >= 11 is 13.8. The molecule has 6 heteroatoms. The van der Waals surface area contributed by atoms with Crippen LogP contribution in [0.25, 0.3) is 21.3 Å². The Labute approximate surface area is 170 Å². The number of thiophene rings is 1. The van der Waals surface area contributed by atoms with Crippen LogP contribution in [0.3, 0.4) is 0 Å². The van der Waals surface area contributed by atoms with Gasteiger partial charge in [-0.25, -0.2) is 4.98 Å².